The number of carbonyl (C=O) groups excluding carboxylic acids is 1. The van der Waals surface area contributed by atoms with E-state index < -0.39 is 0 Å². The van der Waals surface area contributed by atoms with Crippen LogP contribution in [0.3, 0.4) is 0 Å². The Morgan fingerprint density at radius 3 is 3.00 bits per heavy atom. The molecule has 1 N–H and O–H groups in total. The SMILES string of the molecule is CCn1ncnc1CC(=O)C(C)(C)C1CCCNC1. The second-order valence-electron chi connectivity index (χ2n) is 5.86. The quantitative estimate of drug-likeness (QED) is 0.874. The van der Waals surface area contributed by atoms with Crippen molar-refractivity contribution in [3.8, 4) is 0 Å². The van der Waals surface area contributed by atoms with Crippen LogP contribution in [0.4, 0.5) is 0 Å². The molecular formula is C14H24N4O. The van der Waals surface area contributed by atoms with Crippen molar-refractivity contribution in [3.05, 3.63) is 12.2 Å². The molecule has 0 aliphatic carbocycles. The molecule has 1 aliphatic heterocycles. The van der Waals surface area contributed by atoms with E-state index >= 15 is 0 Å². The summed E-state index contributed by atoms with van der Waals surface area (Å²) in [5.74, 6) is 1.47. The summed E-state index contributed by atoms with van der Waals surface area (Å²) >= 11 is 0. The standard InChI is InChI=1S/C14H24N4O/c1-4-18-13(16-10-17-18)8-12(19)14(2,3)11-6-5-7-15-9-11/h10-11,15H,4-9H2,1-3H3. The van der Waals surface area contributed by atoms with E-state index in [0.717, 1.165) is 38.3 Å². The molecule has 1 fully saturated rings. The highest BCUT2D eigenvalue weighted by atomic mass is 16.1. The van der Waals surface area contributed by atoms with Gasteiger partial charge < -0.3 is 5.32 Å². The van der Waals surface area contributed by atoms with Crippen molar-refractivity contribution in [2.45, 2.75) is 46.6 Å². The van der Waals surface area contributed by atoms with Gasteiger partial charge in [-0.25, -0.2) is 9.67 Å². The van der Waals surface area contributed by atoms with Gasteiger partial charge in [0.25, 0.3) is 0 Å². The number of aryl methyl sites for hydroxylation is 1. The van der Waals surface area contributed by atoms with E-state index in [1.54, 1.807) is 4.68 Å². The zero-order valence-corrected chi connectivity index (χ0v) is 12.1. The topological polar surface area (TPSA) is 59.8 Å². The number of ketones is 1. The van der Waals surface area contributed by atoms with Gasteiger partial charge in [0.05, 0.1) is 6.42 Å². The highest BCUT2D eigenvalue weighted by molar-refractivity contribution is 5.85. The second kappa shape index (κ2) is 5.82. The normalized spacial score (nSPS) is 20.5. The molecule has 0 radical (unpaired) electrons. The zero-order valence-electron chi connectivity index (χ0n) is 12.1. The molecule has 106 valence electrons. The molecule has 5 heteroatoms. The Balaban J connectivity index is 2.05. The number of hydrogen-bond acceptors (Lipinski definition) is 4. The fraction of sp³-hybridized carbons (Fsp3) is 0.786. The first-order valence-electron chi connectivity index (χ1n) is 7.16. The van der Waals surface area contributed by atoms with Crippen LogP contribution in [0.5, 0.6) is 0 Å². The van der Waals surface area contributed by atoms with Crippen LogP contribution in [0.15, 0.2) is 6.33 Å². The summed E-state index contributed by atoms with van der Waals surface area (Å²) in [6.07, 6.45) is 4.21. The predicted octanol–water partition coefficient (Wildman–Crippen LogP) is 1.44. The molecule has 0 spiro atoms. The number of piperidine rings is 1. The zero-order chi connectivity index (χ0) is 13.9. The van der Waals surface area contributed by atoms with Gasteiger partial charge in [0.2, 0.25) is 0 Å². The van der Waals surface area contributed by atoms with E-state index in [4.69, 9.17) is 0 Å². The fourth-order valence-electron chi connectivity index (χ4n) is 2.76. The summed E-state index contributed by atoms with van der Waals surface area (Å²) in [5, 5.41) is 7.52. The van der Waals surface area contributed by atoms with Gasteiger partial charge in [0.15, 0.2) is 0 Å². The van der Waals surface area contributed by atoms with Crippen LogP contribution in [-0.2, 0) is 17.8 Å². The van der Waals surface area contributed by atoms with Crippen LogP contribution in [0.1, 0.15) is 39.4 Å². The predicted molar refractivity (Wildman–Crippen MR) is 73.8 cm³/mol. The lowest BCUT2D eigenvalue weighted by atomic mass is 9.71. The number of hydrogen-bond donors (Lipinski definition) is 1. The number of nitrogens with zero attached hydrogens (tertiary/aromatic N) is 3. The molecule has 1 unspecified atom stereocenters. The van der Waals surface area contributed by atoms with Gasteiger partial charge in [0, 0.05) is 12.0 Å². The Kier molecular flexibility index (Phi) is 4.34. The summed E-state index contributed by atoms with van der Waals surface area (Å²) in [6, 6.07) is 0. The van der Waals surface area contributed by atoms with Crippen molar-refractivity contribution in [1.29, 1.82) is 0 Å². The first-order valence-corrected chi connectivity index (χ1v) is 7.16. The lowest BCUT2D eigenvalue weighted by Crippen LogP contribution is -2.43. The maximum Gasteiger partial charge on any atom is 0.146 e. The molecule has 1 atom stereocenters. The lowest BCUT2D eigenvalue weighted by molar-refractivity contribution is -0.129. The maximum atomic E-state index is 12.6. The molecule has 0 aromatic carbocycles. The molecular weight excluding hydrogens is 240 g/mol. The van der Waals surface area contributed by atoms with Gasteiger partial charge in [-0.15, -0.1) is 0 Å². The van der Waals surface area contributed by atoms with Crippen molar-refractivity contribution >= 4 is 5.78 Å². The van der Waals surface area contributed by atoms with E-state index in [-0.39, 0.29) is 11.2 Å². The number of Topliss-reactive ketones (excluding diaryl/α,β-unsaturated/α-hetero) is 1. The summed E-state index contributed by atoms with van der Waals surface area (Å²) in [6.45, 7) is 8.93. The number of nitrogens with one attached hydrogen (secondary N) is 1. The van der Waals surface area contributed by atoms with Crippen LogP contribution in [-0.4, -0.2) is 33.6 Å². The number of carbonyl (C=O) groups is 1. The fourth-order valence-corrected chi connectivity index (χ4v) is 2.76. The average Bonchev–Trinajstić information content (AvgIpc) is 2.87. The first kappa shape index (κ1) is 14.2. The second-order valence-corrected chi connectivity index (χ2v) is 5.86. The van der Waals surface area contributed by atoms with Crippen LogP contribution in [0.25, 0.3) is 0 Å². The molecule has 0 bridgehead atoms. The van der Waals surface area contributed by atoms with Crippen molar-refractivity contribution in [2.75, 3.05) is 13.1 Å². The Bertz CT molecular complexity index is 432. The van der Waals surface area contributed by atoms with Crippen LogP contribution < -0.4 is 5.32 Å². The first-order chi connectivity index (χ1) is 9.05. The minimum absolute atomic E-state index is 0.268. The van der Waals surface area contributed by atoms with Gasteiger partial charge in [-0.3, -0.25) is 4.79 Å². The Hall–Kier alpha value is -1.23. The monoisotopic (exact) mass is 264 g/mol. The Labute approximate surface area is 114 Å². The smallest absolute Gasteiger partial charge is 0.146 e. The highest BCUT2D eigenvalue weighted by Gasteiger charge is 2.37. The lowest BCUT2D eigenvalue weighted by Gasteiger charge is -2.36. The van der Waals surface area contributed by atoms with E-state index in [2.05, 4.69) is 29.2 Å². The minimum atomic E-state index is -0.294. The summed E-state index contributed by atoms with van der Waals surface area (Å²) in [4.78, 5) is 16.8. The molecule has 1 aromatic heterocycles. The van der Waals surface area contributed by atoms with Crippen LogP contribution in [0, 0.1) is 11.3 Å². The van der Waals surface area contributed by atoms with Crippen molar-refractivity contribution < 1.29 is 4.79 Å². The van der Waals surface area contributed by atoms with E-state index in [1.165, 1.54) is 6.33 Å². The molecule has 1 saturated heterocycles. The Morgan fingerprint density at radius 2 is 2.37 bits per heavy atom. The van der Waals surface area contributed by atoms with Gasteiger partial charge in [-0.1, -0.05) is 13.8 Å². The largest absolute Gasteiger partial charge is 0.316 e. The molecule has 5 nitrogen and oxygen atoms in total. The summed E-state index contributed by atoms with van der Waals surface area (Å²) < 4.78 is 1.80. The molecule has 1 aliphatic rings. The third-order valence-electron chi connectivity index (χ3n) is 4.35. The number of aromatic nitrogens is 3. The molecule has 1 aromatic rings. The van der Waals surface area contributed by atoms with Gasteiger partial charge >= 0.3 is 0 Å². The van der Waals surface area contributed by atoms with Crippen molar-refractivity contribution in [2.24, 2.45) is 11.3 Å². The van der Waals surface area contributed by atoms with Gasteiger partial charge in [0.1, 0.15) is 17.9 Å². The maximum absolute atomic E-state index is 12.6. The van der Waals surface area contributed by atoms with E-state index in [9.17, 15) is 4.79 Å². The van der Waals surface area contributed by atoms with Gasteiger partial charge in [-0.2, -0.15) is 5.10 Å². The minimum Gasteiger partial charge on any atom is -0.316 e. The molecule has 2 rings (SSSR count). The summed E-state index contributed by atoms with van der Waals surface area (Å²) in [7, 11) is 0. The third kappa shape index (κ3) is 3.03. The molecule has 0 amide bonds. The highest BCUT2D eigenvalue weighted by Crippen LogP contribution is 2.33. The van der Waals surface area contributed by atoms with Crippen LogP contribution in [0.2, 0.25) is 0 Å². The summed E-state index contributed by atoms with van der Waals surface area (Å²) in [5.41, 5.74) is -0.294. The Morgan fingerprint density at radius 1 is 1.58 bits per heavy atom. The van der Waals surface area contributed by atoms with Gasteiger partial charge in [-0.05, 0) is 38.8 Å². The van der Waals surface area contributed by atoms with Crippen molar-refractivity contribution in [3.63, 3.8) is 0 Å². The van der Waals surface area contributed by atoms with Crippen LogP contribution >= 0.6 is 0 Å². The van der Waals surface area contributed by atoms with E-state index in [0.29, 0.717) is 12.3 Å². The molecule has 2 heterocycles. The average molecular weight is 264 g/mol. The van der Waals surface area contributed by atoms with Crippen molar-refractivity contribution in [1.82, 2.24) is 20.1 Å². The molecule has 0 saturated carbocycles. The molecule has 19 heavy (non-hydrogen) atoms. The number of rotatable bonds is 5. The van der Waals surface area contributed by atoms with E-state index in [1.807, 2.05) is 6.92 Å². The third-order valence-corrected chi connectivity index (χ3v) is 4.35.